The number of benzene rings is 1. The van der Waals surface area contributed by atoms with Crippen LogP contribution in [-0.2, 0) is 11.3 Å². The van der Waals surface area contributed by atoms with Crippen molar-refractivity contribution >= 4 is 5.97 Å². The summed E-state index contributed by atoms with van der Waals surface area (Å²) < 4.78 is 12.6. The van der Waals surface area contributed by atoms with E-state index < -0.39 is 11.4 Å². The van der Waals surface area contributed by atoms with Crippen molar-refractivity contribution in [1.29, 1.82) is 0 Å². The zero-order valence-electron chi connectivity index (χ0n) is 16.6. The number of pyridine rings is 1. The highest BCUT2D eigenvalue weighted by Crippen LogP contribution is 2.19. The van der Waals surface area contributed by atoms with Crippen molar-refractivity contribution in [1.82, 2.24) is 9.47 Å². The summed E-state index contributed by atoms with van der Waals surface area (Å²) in [5, 5.41) is 0. The van der Waals surface area contributed by atoms with E-state index in [0.29, 0.717) is 18.2 Å². The van der Waals surface area contributed by atoms with Gasteiger partial charge in [-0.05, 0) is 39.1 Å². The molecule has 2 rings (SSSR count). The first kappa shape index (κ1) is 20.7. The maximum atomic E-state index is 12.7. The van der Waals surface area contributed by atoms with Gasteiger partial charge in [0.2, 0.25) is 5.43 Å². The summed E-state index contributed by atoms with van der Waals surface area (Å²) in [7, 11) is 4.03. The van der Waals surface area contributed by atoms with Gasteiger partial charge >= 0.3 is 5.97 Å². The van der Waals surface area contributed by atoms with E-state index in [1.807, 2.05) is 36.9 Å². The Balaban J connectivity index is 2.46. The number of rotatable bonds is 8. The van der Waals surface area contributed by atoms with Crippen molar-refractivity contribution in [3.63, 3.8) is 0 Å². The molecule has 0 fully saturated rings. The second kappa shape index (κ2) is 9.37. The van der Waals surface area contributed by atoms with Crippen LogP contribution in [0.2, 0.25) is 0 Å². The molecule has 6 heteroatoms. The first-order valence-electron chi connectivity index (χ1n) is 9.14. The predicted molar refractivity (Wildman–Crippen MR) is 105 cm³/mol. The van der Waals surface area contributed by atoms with E-state index >= 15 is 0 Å². The van der Waals surface area contributed by atoms with Gasteiger partial charge in [0.05, 0.1) is 12.8 Å². The molecule has 6 nitrogen and oxygen atoms in total. The van der Waals surface area contributed by atoms with Crippen LogP contribution < -0.4 is 10.2 Å². The Morgan fingerprint density at radius 2 is 1.81 bits per heavy atom. The topological polar surface area (TPSA) is 60.8 Å². The lowest BCUT2D eigenvalue weighted by atomic mass is 10.0. The molecule has 1 aromatic carbocycles. The monoisotopic (exact) mass is 372 g/mol. The molecule has 0 aliphatic heterocycles. The summed E-state index contributed by atoms with van der Waals surface area (Å²) in [5.74, 6) is 0.396. The first-order chi connectivity index (χ1) is 12.8. The van der Waals surface area contributed by atoms with Crippen molar-refractivity contribution in [2.75, 3.05) is 20.7 Å². The van der Waals surface area contributed by atoms with Gasteiger partial charge in [-0.1, -0.05) is 32.0 Å². The molecule has 0 saturated heterocycles. The van der Waals surface area contributed by atoms with Crippen molar-refractivity contribution in [2.45, 2.75) is 33.4 Å². The number of carbonyl (C=O) groups excluding carboxylic acids is 1. The fourth-order valence-electron chi connectivity index (χ4n) is 2.94. The van der Waals surface area contributed by atoms with Crippen LogP contribution in [0.15, 0.2) is 47.5 Å². The number of likely N-dealkylation sites (N-methyl/N-ethyl adjacent to an activating group) is 1. The molecule has 0 radical (unpaired) electrons. The van der Waals surface area contributed by atoms with Crippen molar-refractivity contribution in [3.05, 3.63) is 58.5 Å². The minimum Gasteiger partial charge on any atom is -0.462 e. The van der Waals surface area contributed by atoms with Crippen LogP contribution >= 0.6 is 0 Å². The lowest BCUT2D eigenvalue weighted by Crippen LogP contribution is -2.37. The van der Waals surface area contributed by atoms with Crippen LogP contribution in [-0.4, -0.2) is 42.2 Å². The Labute approximate surface area is 160 Å². The number of aromatic nitrogens is 1. The van der Waals surface area contributed by atoms with E-state index in [9.17, 15) is 9.59 Å². The molecule has 1 aromatic heterocycles. The van der Waals surface area contributed by atoms with E-state index in [2.05, 4.69) is 18.7 Å². The first-order valence-corrected chi connectivity index (χ1v) is 9.14. The SMILES string of the molecule is CCOC(=O)c1cn(C[C@H](C(C)C)N(C)C)cc(Oc2ccccc2)c1=O. The summed E-state index contributed by atoms with van der Waals surface area (Å²) in [6.07, 6.45) is 3.20. The van der Waals surface area contributed by atoms with Gasteiger partial charge in [-0.25, -0.2) is 4.79 Å². The van der Waals surface area contributed by atoms with Gasteiger partial charge in [-0.3, -0.25) is 4.79 Å². The summed E-state index contributed by atoms with van der Waals surface area (Å²) >= 11 is 0. The lowest BCUT2D eigenvalue weighted by molar-refractivity contribution is 0.0523. The van der Waals surface area contributed by atoms with Crippen molar-refractivity contribution < 1.29 is 14.3 Å². The summed E-state index contributed by atoms with van der Waals surface area (Å²) in [4.78, 5) is 27.1. The normalized spacial score (nSPS) is 12.3. The van der Waals surface area contributed by atoms with E-state index in [1.165, 1.54) is 0 Å². The van der Waals surface area contributed by atoms with Crippen LogP contribution in [0.5, 0.6) is 11.5 Å². The average Bonchev–Trinajstić information content (AvgIpc) is 2.62. The fraction of sp³-hybridized carbons (Fsp3) is 0.429. The zero-order chi connectivity index (χ0) is 20.0. The maximum absolute atomic E-state index is 12.7. The molecule has 0 bridgehead atoms. The van der Waals surface area contributed by atoms with Gasteiger partial charge in [0.15, 0.2) is 5.75 Å². The quantitative estimate of drug-likeness (QED) is 0.665. The van der Waals surface area contributed by atoms with Crippen molar-refractivity contribution in [3.8, 4) is 11.5 Å². The zero-order valence-corrected chi connectivity index (χ0v) is 16.6. The molecule has 0 saturated carbocycles. The smallest absolute Gasteiger partial charge is 0.343 e. The Morgan fingerprint density at radius 3 is 2.37 bits per heavy atom. The molecule has 0 N–H and O–H groups in total. The molecule has 0 aliphatic carbocycles. The molecule has 0 amide bonds. The highest BCUT2D eigenvalue weighted by atomic mass is 16.5. The number of ether oxygens (including phenoxy) is 2. The largest absolute Gasteiger partial charge is 0.462 e. The summed E-state index contributed by atoms with van der Waals surface area (Å²) in [6, 6.07) is 9.26. The van der Waals surface area contributed by atoms with E-state index in [0.717, 1.165) is 0 Å². The van der Waals surface area contributed by atoms with Gasteiger partial charge in [0, 0.05) is 18.8 Å². The molecule has 146 valence electrons. The van der Waals surface area contributed by atoms with Crippen LogP contribution in [0.4, 0.5) is 0 Å². The summed E-state index contributed by atoms with van der Waals surface area (Å²) in [6.45, 7) is 6.81. The third-order valence-electron chi connectivity index (χ3n) is 4.34. The van der Waals surface area contributed by atoms with Gasteiger partial charge in [-0.2, -0.15) is 0 Å². The summed E-state index contributed by atoms with van der Waals surface area (Å²) in [5.41, 5.74) is -0.494. The predicted octanol–water partition coefficient (Wildman–Crippen LogP) is 3.40. The van der Waals surface area contributed by atoms with Gasteiger partial charge < -0.3 is 18.9 Å². The lowest BCUT2D eigenvalue weighted by Gasteiger charge is -2.29. The molecule has 0 aliphatic rings. The molecular formula is C21H28N2O4. The highest BCUT2D eigenvalue weighted by molar-refractivity contribution is 5.89. The maximum Gasteiger partial charge on any atom is 0.343 e. The molecule has 2 aromatic rings. The van der Waals surface area contributed by atoms with Crippen LogP contribution in [0.3, 0.4) is 0 Å². The molecule has 0 unspecified atom stereocenters. The Hall–Kier alpha value is -2.60. The number of carbonyl (C=O) groups is 1. The van der Waals surface area contributed by atoms with Gasteiger partial charge in [0.25, 0.3) is 0 Å². The average molecular weight is 372 g/mol. The third kappa shape index (κ3) is 5.44. The van der Waals surface area contributed by atoms with E-state index in [1.54, 1.807) is 31.5 Å². The van der Waals surface area contributed by atoms with Gasteiger partial charge in [0.1, 0.15) is 11.3 Å². The number of esters is 1. The Bertz CT molecular complexity index is 805. The minimum atomic E-state index is -0.638. The molecular weight excluding hydrogens is 344 g/mol. The van der Waals surface area contributed by atoms with E-state index in [4.69, 9.17) is 9.47 Å². The standard InChI is InChI=1S/C21H28N2O4/c1-6-26-21(25)17-12-23(13-18(15(2)3)22(4)5)14-19(20(17)24)27-16-10-8-7-9-11-16/h7-12,14-15,18H,6,13H2,1-5H3/t18-/m1/s1. The fourth-order valence-corrected chi connectivity index (χ4v) is 2.94. The van der Waals surface area contributed by atoms with Gasteiger partial charge in [-0.15, -0.1) is 0 Å². The number of para-hydroxylation sites is 1. The molecule has 1 heterocycles. The molecule has 0 spiro atoms. The van der Waals surface area contributed by atoms with Crippen LogP contribution in [0, 0.1) is 5.92 Å². The number of hydrogen-bond acceptors (Lipinski definition) is 5. The van der Waals surface area contributed by atoms with Crippen molar-refractivity contribution in [2.24, 2.45) is 5.92 Å². The van der Waals surface area contributed by atoms with Crippen LogP contribution in [0.25, 0.3) is 0 Å². The number of hydrogen-bond donors (Lipinski definition) is 0. The second-order valence-electron chi connectivity index (χ2n) is 6.97. The number of nitrogens with zero attached hydrogens (tertiary/aromatic N) is 2. The molecule has 1 atom stereocenters. The minimum absolute atomic E-state index is 0.0217. The Morgan fingerprint density at radius 1 is 1.15 bits per heavy atom. The van der Waals surface area contributed by atoms with E-state index in [-0.39, 0.29) is 24.0 Å². The third-order valence-corrected chi connectivity index (χ3v) is 4.34. The Kier molecular flexibility index (Phi) is 7.19. The van der Waals surface area contributed by atoms with Crippen LogP contribution in [0.1, 0.15) is 31.1 Å². The molecule has 27 heavy (non-hydrogen) atoms. The second-order valence-corrected chi connectivity index (χ2v) is 6.97. The highest BCUT2D eigenvalue weighted by Gasteiger charge is 2.21.